The van der Waals surface area contributed by atoms with Crippen LogP contribution in [0.4, 0.5) is 0 Å². The monoisotopic (exact) mass is 225 g/mol. The molecule has 0 radical (unpaired) electrons. The average Bonchev–Trinajstić information content (AvgIpc) is 2.36. The van der Waals surface area contributed by atoms with Gasteiger partial charge in [-0.3, -0.25) is 9.59 Å². The lowest BCUT2D eigenvalue weighted by molar-refractivity contribution is -0.134. The van der Waals surface area contributed by atoms with E-state index in [1.54, 1.807) is 0 Å². The Labute approximate surface area is 93.9 Å². The minimum atomic E-state index is -1.04. The Kier molecular flexibility index (Phi) is 4.26. The van der Waals surface area contributed by atoms with E-state index in [1.807, 2.05) is 6.07 Å². The average molecular weight is 225 g/mol. The lowest BCUT2D eigenvalue weighted by atomic mass is 9.81. The second-order valence-electron chi connectivity index (χ2n) is 3.66. The van der Waals surface area contributed by atoms with Crippen LogP contribution in [0.1, 0.15) is 12.8 Å². The Morgan fingerprint density at radius 1 is 1.44 bits per heavy atom. The first-order valence-corrected chi connectivity index (χ1v) is 5.12. The number of carbonyl (C=O) groups excluding carboxylic acids is 2. The molecule has 2 N–H and O–H groups in total. The topological polar surface area (TPSA) is 91.2 Å². The van der Waals surface area contributed by atoms with Gasteiger partial charge in [0, 0.05) is 20.3 Å². The minimum Gasteiger partial charge on any atom is -0.381 e. The molecule has 1 saturated heterocycles. The van der Waals surface area contributed by atoms with Crippen molar-refractivity contribution in [2.75, 3.05) is 26.8 Å². The summed E-state index contributed by atoms with van der Waals surface area (Å²) in [6, 6.07) is 2.04. The van der Waals surface area contributed by atoms with E-state index in [4.69, 9.17) is 10.00 Å². The largest absolute Gasteiger partial charge is 0.381 e. The fraction of sp³-hybridized carbons (Fsp3) is 0.700. The number of nitrogens with zero attached hydrogens (tertiary/aromatic N) is 1. The fourth-order valence-electron chi connectivity index (χ4n) is 1.53. The summed E-state index contributed by atoms with van der Waals surface area (Å²) >= 11 is 0. The first-order chi connectivity index (χ1) is 7.64. The van der Waals surface area contributed by atoms with E-state index in [0.29, 0.717) is 26.1 Å². The molecule has 6 heteroatoms. The van der Waals surface area contributed by atoms with Crippen LogP contribution >= 0.6 is 0 Å². The molecule has 6 nitrogen and oxygen atoms in total. The Morgan fingerprint density at radius 3 is 2.56 bits per heavy atom. The highest BCUT2D eigenvalue weighted by Gasteiger charge is 2.40. The van der Waals surface area contributed by atoms with Gasteiger partial charge in [0.2, 0.25) is 11.8 Å². The number of amides is 2. The van der Waals surface area contributed by atoms with Crippen LogP contribution in [-0.4, -0.2) is 38.6 Å². The molecule has 1 aliphatic rings. The van der Waals surface area contributed by atoms with E-state index in [-0.39, 0.29) is 18.4 Å². The summed E-state index contributed by atoms with van der Waals surface area (Å²) in [5.41, 5.74) is -1.04. The van der Waals surface area contributed by atoms with E-state index >= 15 is 0 Å². The highest BCUT2D eigenvalue weighted by molar-refractivity contribution is 5.89. The van der Waals surface area contributed by atoms with Gasteiger partial charge in [0.1, 0.15) is 5.41 Å². The number of nitriles is 1. The van der Waals surface area contributed by atoms with Gasteiger partial charge in [-0.2, -0.15) is 5.26 Å². The van der Waals surface area contributed by atoms with Gasteiger partial charge >= 0.3 is 0 Å². The fourth-order valence-corrected chi connectivity index (χ4v) is 1.53. The molecule has 1 rings (SSSR count). The molecule has 1 fully saturated rings. The third-order valence-electron chi connectivity index (χ3n) is 2.68. The van der Waals surface area contributed by atoms with Gasteiger partial charge in [0.15, 0.2) is 0 Å². The number of ether oxygens (including phenoxy) is 1. The van der Waals surface area contributed by atoms with Crippen LogP contribution in [0.5, 0.6) is 0 Å². The Morgan fingerprint density at radius 2 is 2.06 bits per heavy atom. The molecule has 0 unspecified atom stereocenters. The predicted octanol–water partition coefficient (Wildman–Crippen LogP) is -0.831. The standard InChI is InChI=1S/C10H15N3O3/c1-12-8(14)6-13-9(15)10(7-11)2-4-16-5-3-10/h2-6H2,1H3,(H,12,14)(H,13,15). The second kappa shape index (κ2) is 5.47. The first kappa shape index (κ1) is 12.5. The molecule has 1 aliphatic heterocycles. The Balaban J connectivity index is 2.56. The van der Waals surface area contributed by atoms with Crippen molar-refractivity contribution in [3.63, 3.8) is 0 Å². The molecule has 0 aromatic rings. The lowest BCUT2D eigenvalue weighted by Crippen LogP contribution is -2.46. The van der Waals surface area contributed by atoms with Crippen molar-refractivity contribution in [2.24, 2.45) is 5.41 Å². The lowest BCUT2D eigenvalue weighted by Gasteiger charge is -2.28. The second-order valence-corrected chi connectivity index (χ2v) is 3.66. The normalized spacial score (nSPS) is 18.2. The number of likely N-dealkylation sites (N-methyl/N-ethyl adjacent to an activating group) is 1. The van der Waals surface area contributed by atoms with Gasteiger partial charge in [0.25, 0.3) is 0 Å². The number of hydrogen-bond acceptors (Lipinski definition) is 4. The van der Waals surface area contributed by atoms with Crippen molar-refractivity contribution in [3.05, 3.63) is 0 Å². The maximum Gasteiger partial charge on any atom is 0.241 e. The SMILES string of the molecule is CNC(=O)CNC(=O)C1(C#N)CCOCC1. The van der Waals surface area contributed by atoms with E-state index in [2.05, 4.69) is 10.6 Å². The first-order valence-electron chi connectivity index (χ1n) is 5.12. The highest BCUT2D eigenvalue weighted by atomic mass is 16.5. The molecule has 0 aromatic carbocycles. The summed E-state index contributed by atoms with van der Waals surface area (Å²) in [6.45, 7) is 0.710. The van der Waals surface area contributed by atoms with Gasteiger partial charge in [-0.25, -0.2) is 0 Å². The molecule has 0 saturated carbocycles. The van der Waals surface area contributed by atoms with E-state index in [9.17, 15) is 9.59 Å². The van der Waals surface area contributed by atoms with Crippen molar-refractivity contribution in [2.45, 2.75) is 12.8 Å². The van der Waals surface area contributed by atoms with Crippen molar-refractivity contribution < 1.29 is 14.3 Å². The predicted molar refractivity (Wildman–Crippen MR) is 55.2 cm³/mol. The molecule has 16 heavy (non-hydrogen) atoms. The third kappa shape index (κ3) is 2.70. The molecule has 0 bridgehead atoms. The van der Waals surface area contributed by atoms with Crippen LogP contribution in [0, 0.1) is 16.7 Å². The van der Waals surface area contributed by atoms with Gasteiger partial charge in [-0.15, -0.1) is 0 Å². The number of hydrogen-bond donors (Lipinski definition) is 2. The molecule has 88 valence electrons. The number of carbonyl (C=O) groups is 2. The smallest absolute Gasteiger partial charge is 0.241 e. The van der Waals surface area contributed by atoms with Crippen LogP contribution in [0.2, 0.25) is 0 Å². The van der Waals surface area contributed by atoms with Crippen LogP contribution in [0.3, 0.4) is 0 Å². The zero-order valence-electron chi connectivity index (χ0n) is 9.21. The summed E-state index contributed by atoms with van der Waals surface area (Å²) in [6.07, 6.45) is 0.756. The third-order valence-corrected chi connectivity index (χ3v) is 2.68. The molecular weight excluding hydrogens is 210 g/mol. The molecule has 0 aliphatic carbocycles. The van der Waals surface area contributed by atoms with Gasteiger partial charge in [-0.1, -0.05) is 0 Å². The van der Waals surface area contributed by atoms with Crippen molar-refractivity contribution in [1.29, 1.82) is 5.26 Å². The molecule has 0 spiro atoms. The van der Waals surface area contributed by atoms with Crippen LogP contribution in [0.15, 0.2) is 0 Å². The molecule has 0 atom stereocenters. The van der Waals surface area contributed by atoms with Gasteiger partial charge in [0.05, 0.1) is 12.6 Å². The summed E-state index contributed by atoms with van der Waals surface area (Å²) in [5.74, 6) is -0.671. The Hall–Kier alpha value is -1.61. The van der Waals surface area contributed by atoms with E-state index in [0.717, 1.165) is 0 Å². The molecule has 0 aromatic heterocycles. The quantitative estimate of drug-likeness (QED) is 0.655. The summed E-state index contributed by atoms with van der Waals surface area (Å²) in [4.78, 5) is 22.8. The summed E-state index contributed by atoms with van der Waals surface area (Å²) in [7, 11) is 1.49. The van der Waals surface area contributed by atoms with Gasteiger partial charge < -0.3 is 15.4 Å². The van der Waals surface area contributed by atoms with Crippen molar-refractivity contribution in [1.82, 2.24) is 10.6 Å². The maximum absolute atomic E-state index is 11.8. The van der Waals surface area contributed by atoms with E-state index < -0.39 is 5.41 Å². The zero-order valence-corrected chi connectivity index (χ0v) is 9.21. The highest BCUT2D eigenvalue weighted by Crippen LogP contribution is 2.29. The van der Waals surface area contributed by atoms with Crippen LogP contribution < -0.4 is 10.6 Å². The van der Waals surface area contributed by atoms with Crippen LogP contribution in [-0.2, 0) is 14.3 Å². The Bertz CT molecular complexity index is 316. The van der Waals surface area contributed by atoms with E-state index in [1.165, 1.54) is 7.05 Å². The minimum absolute atomic E-state index is 0.0976. The summed E-state index contributed by atoms with van der Waals surface area (Å²) < 4.78 is 5.11. The zero-order chi connectivity index (χ0) is 12.0. The van der Waals surface area contributed by atoms with Gasteiger partial charge in [-0.05, 0) is 12.8 Å². The molecule has 2 amide bonds. The van der Waals surface area contributed by atoms with Crippen molar-refractivity contribution >= 4 is 11.8 Å². The summed E-state index contributed by atoms with van der Waals surface area (Å²) in [5, 5.41) is 13.9. The number of nitrogens with one attached hydrogen (secondary N) is 2. The number of rotatable bonds is 3. The molecular formula is C10H15N3O3. The maximum atomic E-state index is 11.8. The van der Waals surface area contributed by atoms with Crippen LogP contribution in [0.25, 0.3) is 0 Å². The van der Waals surface area contributed by atoms with Crippen molar-refractivity contribution in [3.8, 4) is 6.07 Å². The molecule has 1 heterocycles.